The van der Waals surface area contributed by atoms with E-state index in [1.54, 1.807) is 24.3 Å². The maximum Gasteiger partial charge on any atom is 0.264 e. The van der Waals surface area contributed by atoms with Gasteiger partial charge in [-0.25, -0.2) is 16.8 Å². The maximum atomic E-state index is 13.5. The second-order valence-corrected chi connectivity index (χ2v) is 13.4. The van der Waals surface area contributed by atoms with Gasteiger partial charge in [-0.3, -0.25) is 9.10 Å². The number of sulfonamides is 2. The van der Waals surface area contributed by atoms with E-state index in [1.807, 2.05) is 0 Å². The molecule has 3 aromatic rings. The maximum absolute atomic E-state index is 13.5. The fourth-order valence-corrected chi connectivity index (χ4v) is 7.60. The number of nitrogens with one attached hydrogen (secondary N) is 1. The van der Waals surface area contributed by atoms with E-state index in [0.29, 0.717) is 18.8 Å². The normalized spacial score (nSPS) is 15.0. The molecule has 1 fully saturated rings. The minimum Gasteiger partial charge on any atom is -0.325 e. The molecule has 0 unspecified atom stereocenters. The number of benzene rings is 3. The van der Waals surface area contributed by atoms with Gasteiger partial charge in [-0.05, 0) is 61.4 Å². The van der Waals surface area contributed by atoms with Crippen molar-refractivity contribution >= 4 is 60.5 Å². The van der Waals surface area contributed by atoms with Crippen molar-refractivity contribution in [3.05, 3.63) is 82.8 Å². The molecule has 0 saturated carbocycles. The average molecular weight is 597 g/mol. The summed E-state index contributed by atoms with van der Waals surface area (Å²) in [6.07, 6.45) is 3.67. The summed E-state index contributed by atoms with van der Waals surface area (Å²) in [6.45, 7) is 0.377. The van der Waals surface area contributed by atoms with Crippen molar-refractivity contribution in [3.63, 3.8) is 0 Å². The number of rotatable bonds is 8. The number of carbonyl (C=O) groups is 1. The summed E-state index contributed by atoms with van der Waals surface area (Å²) in [4.78, 5) is 13.1. The number of hydrogen-bond acceptors (Lipinski definition) is 5. The lowest BCUT2D eigenvalue weighted by molar-refractivity contribution is -0.114. The first-order valence-electron chi connectivity index (χ1n) is 12.0. The SMILES string of the molecule is O=C(CN(c1cccc(Cl)c1Cl)S(=O)(=O)c1ccccc1)Nc1ccc(S(=O)(=O)N2CCCCCC2)cc1. The van der Waals surface area contributed by atoms with Crippen LogP contribution in [-0.2, 0) is 24.8 Å². The van der Waals surface area contributed by atoms with E-state index in [0.717, 1.165) is 30.0 Å². The summed E-state index contributed by atoms with van der Waals surface area (Å²) in [5.74, 6) is -0.649. The molecule has 0 aromatic heterocycles. The summed E-state index contributed by atoms with van der Waals surface area (Å²) < 4.78 is 55.4. The third kappa shape index (κ3) is 6.32. The fraction of sp³-hybridized carbons (Fsp3) is 0.269. The standard InChI is InChI=1S/C26H27Cl2N3O5S2/c27-23-11-8-12-24(26(23)28)31(38(35,36)21-9-4-3-5-10-21)19-25(32)29-20-13-15-22(16-14-20)37(33,34)30-17-6-1-2-7-18-30/h3-5,8-16H,1-2,6-7,17-19H2,(H,29,32). The summed E-state index contributed by atoms with van der Waals surface area (Å²) in [6, 6.07) is 18.0. The molecule has 1 aliphatic heterocycles. The number of amides is 1. The molecule has 202 valence electrons. The van der Waals surface area contributed by atoms with Crippen molar-refractivity contribution in [1.29, 1.82) is 0 Å². The predicted octanol–water partition coefficient (Wildman–Crippen LogP) is 5.39. The topological polar surface area (TPSA) is 104 Å². The Balaban J connectivity index is 1.56. The molecule has 0 bridgehead atoms. The van der Waals surface area contributed by atoms with Gasteiger partial charge in [0.15, 0.2) is 0 Å². The van der Waals surface area contributed by atoms with Gasteiger partial charge in [0.05, 0.1) is 25.5 Å². The number of halogens is 2. The van der Waals surface area contributed by atoms with Crippen molar-refractivity contribution < 1.29 is 21.6 Å². The zero-order chi connectivity index (χ0) is 27.3. The second-order valence-electron chi connectivity index (χ2n) is 8.79. The highest BCUT2D eigenvalue weighted by Crippen LogP contribution is 2.35. The molecule has 1 saturated heterocycles. The highest BCUT2D eigenvalue weighted by atomic mass is 35.5. The van der Waals surface area contributed by atoms with Crippen molar-refractivity contribution in [2.75, 3.05) is 29.3 Å². The van der Waals surface area contributed by atoms with Crippen molar-refractivity contribution in [2.24, 2.45) is 0 Å². The van der Waals surface area contributed by atoms with Crippen LogP contribution in [-0.4, -0.2) is 46.7 Å². The highest BCUT2D eigenvalue weighted by Gasteiger charge is 2.30. The molecule has 0 atom stereocenters. The number of hydrogen-bond donors (Lipinski definition) is 1. The Labute approximate surface area is 233 Å². The molecule has 0 aliphatic carbocycles. The van der Waals surface area contributed by atoms with Crippen molar-refractivity contribution in [2.45, 2.75) is 35.5 Å². The number of carbonyl (C=O) groups excluding carboxylic acids is 1. The lowest BCUT2D eigenvalue weighted by atomic mass is 10.2. The highest BCUT2D eigenvalue weighted by molar-refractivity contribution is 7.93. The summed E-state index contributed by atoms with van der Waals surface area (Å²) in [7, 11) is -7.82. The van der Waals surface area contributed by atoms with Crippen LogP contribution in [0, 0.1) is 0 Å². The monoisotopic (exact) mass is 595 g/mol. The van der Waals surface area contributed by atoms with Gasteiger partial charge in [0.25, 0.3) is 10.0 Å². The van der Waals surface area contributed by atoms with Crippen LogP contribution >= 0.6 is 23.2 Å². The van der Waals surface area contributed by atoms with Crippen LogP contribution in [0.15, 0.2) is 82.6 Å². The van der Waals surface area contributed by atoms with Gasteiger partial charge in [-0.1, -0.05) is 60.3 Å². The average Bonchev–Trinajstić information content (AvgIpc) is 3.20. The quantitative estimate of drug-likeness (QED) is 0.376. The molecule has 1 aliphatic rings. The first-order valence-corrected chi connectivity index (χ1v) is 15.7. The van der Waals surface area contributed by atoms with Crippen LogP contribution in [0.5, 0.6) is 0 Å². The van der Waals surface area contributed by atoms with Crippen molar-refractivity contribution in [3.8, 4) is 0 Å². The lowest BCUT2D eigenvalue weighted by Gasteiger charge is -2.25. The number of nitrogens with zero attached hydrogens (tertiary/aromatic N) is 2. The van der Waals surface area contributed by atoms with E-state index in [9.17, 15) is 21.6 Å². The molecular formula is C26H27Cl2N3O5S2. The van der Waals surface area contributed by atoms with Crippen LogP contribution in [0.2, 0.25) is 10.0 Å². The van der Waals surface area contributed by atoms with E-state index in [2.05, 4.69) is 5.32 Å². The molecule has 1 N–H and O–H groups in total. The largest absolute Gasteiger partial charge is 0.325 e. The zero-order valence-corrected chi connectivity index (χ0v) is 23.5. The Hall–Kier alpha value is -2.63. The molecular weight excluding hydrogens is 569 g/mol. The van der Waals surface area contributed by atoms with Gasteiger partial charge in [-0.2, -0.15) is 4.31 Å². The smallest absolute Gasteiger partial charge is 0.264 e. The van der Waals surface area contributed by atoms with Crippen molar-refractivity contribution in [1.82, 2.24) is 4.31 Å². The third-order valence-electron chi connectivity index (χ3n) is 6.16. The van der Waals surface area contributed by atoms with Crippen LogP contribution in [0.1, 0.15) is 25.7 Å². The molecule has 38 heavy (non-hydrogen) atoms. The van der Waals surface area contributed by atoms with Crippen LogP contribution in [0.25, 0.3) is 0 Å². The molecule has 3 aromatic carbocycles. The molecule has 12 heteroatoms. The van der Waals surface area contributed by atoms with E-state index in [1.165, 1.54) is 52.8 Å². The van der Waals surface area contributed by atoms with E-state index >= 15 is 0 Å². The molecule has 0 spiro atoms. The minimum absolute atomic E-state index is 0.00968. The number of anilines is 2. The Bertz CT molecular complexity index is 1490. The second kappa shape index (κ2) is 12.0. The van der Waals surface area contributed by atoms with E-state index in [4.69, 9.17) is 23.2 Å². The van der Waals surface area contributed by atoms with Crippen LogP contribution < -0.4 is 9.62 Å². The first-order chi connectivity index (χ1) is 18.1. The van der Waals surface area contributed by atoms with Gasteiger partial charge < -0.3 is 5.32 Å². The van der Waals surface area contributed by atoms with Gasteiger partial charge >= 0.3 is 0 Å². The third-order valence-corrected chi connectivity index (χ3v) is 10.7. The fourth-order valence-electron chi connectivity index (χ4n) is 4.18. The van der Waals surface area contributed by atoms with E-state index in [-0.39, 0.29) is 25.5 Å². The Kier molecular flexibility index (Phi) is 9.00. The zero-order valence-electron chi connectivity index (χ0n) is 20.4. The van der Waals surface area contributed by atoms with Gasteiger partial charge in [0.1, 0.15) is 6.54 Å². The Morgan fingerprint density at radius 3 is 2.05 bits per heavy atom. The summed E-state index contributed by atoms with van der Waals surface area (Å²) >= 11 is 12.5. The van der Waals surface area contributed by atoms with Gasteiger partial charge in [-0.15, -0.1) is 0 Å². The summed E-state index contributed by atoms with van der Waals surface area (Å²) in [5, 5.41) is 2.77. The molecule has 0 radical (unpaired) electrons. The Morgan fingerprint density at radius 1 is 0.789 bits per heavy atom. The molecule has 4 rings (SSSR count). The van der Waals surface area contributed by atoms with E-state index < -0.39 is 32.5 Å². The molecule has 1 amide bonds. The molecule has 8 nitrogen and oxygen atoms in total. The predicted molar refractivity (Wildman–Crippen MR) is 150 cm³/mol. The lowest BCUT2D eigenvalue weighted by Crippen LogP contribution is -2.38. The first kappa shape index (κ1) is 28.4. The Morgan fingerprint density at radius 2 is 1.42 bits per heavy atom. The van der Waals surface area contributed by atoms with Gasteiger partial charge in [0.2, 0.25) is 15.9 Å². The molecule has 1 heterocycles. The minimum atomic E-state index is -4.18. The van der Waals surface area contributed by atoms with Crippen LogP contribution in [0.4, 0.5) is 11.4 Å². The van der Waals surface area contributed by atoms with Gasteiger partial charge in [0, 0.05) is 18.8 Å². The summed E-state index contributed by atoms with van der Waals surface area (Å²) in [5.41, 5.74) is 0.371. The van der Waals surface area contributed by atoms with Crippen LogP contribution in [0.3, 0.4) is 0 Å².